The van der Waals surface area contributed by atoms with Gasteiger partial charge in [-0.25, -0.2) is 0 Å². The Hall–Kier alpha value is -1.08. The first-order chi connectivity index (χ1) is 7.00. The number of halogens is 1. The van der Waals surface area contributed by atoms with Crippen LogP contribution in [0.5, 0.6) is 0 Å². The lowest BCUT2D eigenvalue weighted by Gasteiger charge is -2.03. The van der Waals surface area contributed by atoms with Crippen LogP contribution in [-0.2, 0) is 0 Å². The third-order valence-corrected chi connectivity index (χ3v) is 2.68. The number of hydrogen-bond donors (Lipinski definition) is 0. The second-order valence-electron chi connectivity index (χ2n) is 3.84. The molecule has 0 N–H and O–H groups in total. The molecule has 0 aliphatic rings. The van der Waals surface area contributed by atoms with Crippen LogP contribution < -0.4 is 0 Å². The van der Waals surface area contributed by atoms with Crippen LogP contribution in [0.2, 0.25) is 5.02 Å². The first-order valence-corrected chi connectivity index (χ1v) is 5.32. The number of Topliss-reactive ketones (excluding diaryl/α,β-unsaturated/α-hetero) is 1. The van der Waals surface area contributed by atoms with Gasteiger partial charge in [-0.15, -0.1) is 6.58 Å². The highest BCUT2D eigenvalue weighted by molar-refractivity contribution is 6.31. The summed E-state index contributed by atoms with van der Waals surface area (Å²) < 4.78 is 0. The standard InChI is InChI=1S/C13H15ClO/c1-9(2)4-7-13(15)11-6-5-10(3)12(14)8-11/h5-6,8H,1,4,7H2,2-3H3. The van der Waals surface area contributed by atoms with Gasteiger partial charge in [-0.3, -0.25) is 4.79 Å². The zero-order valence-electron chi connectivity index (χ0n) is 9.14. The molecule has 0 heterocycles. The fraction of sp³-hybridized carbons (Fsp3) is 0.308. The monoisotopic (exact) mass is 222 g/mol. The van der Waals surface area contributed by atoms with E-state index in [0.29, 0.717) is 17.0 Å². The van der Waals surface area contributed by atoms with Crippen molar-refractivity contribution in [2.24, 2.45) is 0 Å². The molecule has 1 aromatic carbocycles. The maximum absolute atomic E-state index is 11.7. The third kappa shape index (κ3) is 3.52. The van der Waals surface area contributed by atoms with Crippen LogP contribution in [0.3, 0.4) is 0 Å². The lowest BCUT2D eigenvalue weighted by Crippen LogP contribution is -1.99. The number of benzene rings is 1. The van der Waals surface area contributed by atoms with Crippen molar-refractivity contribution in [3.05, 3.63) is 46.5 Å². The van der Waals surface area contributed by atoms with Crippen molar-refractivity contribution in [3.63, 3.8) is 0 Å². The van der Waals surface area contributed by atoms with Gasteiger partial charge >= 0.3 is 0 Å². The normalized spacial score (nSPS) is 10.1. The summed E-state index contributed by atoms with van der Waals surface area (Å²) in [4.78, 5) is 11.7. The Bertz CT molecular complexity index is 394. The van der Waals surface area contributed by atoms with E-state index in [-0.39, 0.29) is 5.78 Å². The van der Waals surface area contributed by atoms with Crippen LogP contribution >= 0.6 is 11.6 Å². The maximum atomic E-state index is 11.7. The summed E-state index contributed by atoms with van der Waals surface area (Å²) >= 11 is 5.95. The Labute approximate surface area is 95.8 Å². The van der Waals surface area contributed by atoms with E-state index in [1.54, 1.807) is 6.07 Å². The SMILES string of the molecule is C=C(C)CCC(=O)c1ccc(C)c(Cl)c1. The van der Waals surface area contributed by atoms with Crippen molar-refractivity contribution >= 4 is 17.4 Å². The van der Waals surface area contributed by atoms with Crippen molar-refractivity contribution in [1.82, 2.24) is 0 Å². The summed E-state index contributed by atoms with van der Waals surface area (Å²) in [5.41, 5.74) is 2.71. The van der Waals surface area contributed by atoms with Crippen molar-refractivity contribution < 1.29 is 4.79 Å². The molecule has 15 heavy (non-hydrogen) atoms. The molecule has 0 spiro atoms. The average molecular weight is 223 g/mol. The number of allylic oxidation sites excluding steroid dienone is 1. The van der Waals surface area contributed by atoms with Crippen LogP contribution in [0.1, 0.15) is 35.7 Å². The molecule has 0 bridgehead atoms. The predicted octanol–water partition coefficient (Wildman–Crippen LogP) is 4.19. The van der Waals surface area contributed by atoms with Gasteiger partial charge in [0.1, 0.15) is 0 Å². The first kappa shape index (κ1) is 12.0. The van der Waals surface area contributed by atoms with Gasteiger partial charge in [0, 0.05) is 17.0 Å². The smallest absolute Gasteiger partial charge is 0.163 e. The van der Waals surface area contributed by atoms with E-state index in [2.05, 4.69) is 6.58 Å². The van der Waals surface area contributed by atoms with E-state index in [1.165, 1.54) is 0 Å². The Morgan fingerprint density at radius 2 is 2.07 bits per heavy atom. The summed E-state index contributed by atoms with van der Waals surface area (Å²) in [7, 11) is 0. The highest BCUT2D eigenvalue weighted by Crippen LogP contribution is 2.18. The van der Waals surface area contributed by atoms with Crippen molar-refractivity contribution in [3.8, 4) is 0 Å². The molecule has 0 saturated carbocycles. The molecule has 0 aromatic heterocycles. The van der Waals surface area contributed by atoms with Gasteiger partial charge in [0.25, 0.3) is 0 Å². The topological polar surface area (TPSA) is 17.1 Å². The van der Waals surface area contributed by atoms with Crippen molar-refractivity contribution in [2.75, 3.05) is 0 Å². The van der Waals surface area contributed by atoms with E-state index in [4.69, 9.17) is 11.6 Å². The molecule has 0 amide bonds. The van der Waals surface area contributed by atoms with Gasteiger partial charge in [0.05, 0.1) is 0 Å². The number of carbonyl (C=O) groups is 1. The van der Waals surface area contributed by atoms with Gasteiger partial charge in [0.15, 0.2) is 5.78 Å². The van der Waals surface area contributed by atoms with Gasteiger partial charge in [0.2, 0.25) is 0 Å². The Morgan fingerprint density at radius 1 is 1.40 bits per heavy atom. The minimum absolute atomic E-state index is 0.125. The fourth-order valence-corrected chi connectivity index (χ4v) is 1.42. The molecule has 2 heteroatoms. The van der Waals surface area contributed by atoms with E-state index in [0.717, 1.165) is 17.6 Å². The summed E-state index contributed by atoms with van der Waals surface area (Å²) in [6, 6.07) is 5.43. The van der Waals surface area contributed by atoms with E-state index < -0.39 is 0 Å². The van der Waals surface area contributed by atoms with Crippen LogP contribution in [-0.4, -0.2) is 5.78 Å². The summed E-state index contributed by atoms with van der Waals surface area (Å²) in [6.45, 7) is 7.62. The van der Waals surface area contributed by atoms with Gasteiger partial charge < -0.3 is 0 Å². The zero-order valence-corrected chi connectivity index (χ0v) is 9.90. The molecular formula is C13H15ClO. The lowest BCUT2D eigenvalue weighted by atomic mass is 10.0. The number of rotatable bonds is 4. The van der Waals surface area contributed by atoms with Crippen molar-refractivity contribution in [1.29, 1.82) is 0 Å². The van der Waals surface area contributed by atoms with E-state index in [9.17, 15) is 4.79 Å². The lowest BCUT2D eigenvalue weighted by molar-refractivity contribution is 0.0983. The van der Waals surface area contributed by atoms with Crippen LogP contribution in [0.15, 0.2) is 30.4 Å². The molecule has 0 aliphatic carbocycles. The minimum atomic E-state index is 0.125. The second kappa shape index (κ2) is 5.13. The third-order valence-electron chi connectivity index (χ3n) is 2.27. The fourth-order valence-electron chi connectivity index (χ4n) is 1.24. The number of hydrogen-bond acceptors (Lipinski definition) is 1. The van der Waals surface area contributed by atoms with E-state index >= 15 is 0 Å². The summed E-state index contributed by atoms with van der Waals surface area (Å²) in [5.74, 6) is 0.125. The molecule has 0 radical (unpaired) electrons. The first-order valence-electron chi connectivity index (χ1n) is 4.94. The Kier molecular flexibility index (Phi) is 4.10. The molecule has 0 fully saturated rings. The minimum Gasteiger partial charge on any atom is -0.294 e. The number of ketones is 1. The van der Waals surface area contributed by atoms with Crippen LogP contribution in [0.25, 0.3) is 0 Å². The molecule has 1 nitrogen and oxygen atoms in total. The zero-order chi connectivity index (χ0) is 11.4. The molecule has 80 valence electrons. The Morgan fingerprint density at radius 3 is 2.60 bits per heavy atom. The number of aryl methyl sites for hydroxylation is 1. The van der Waals surface area contributed by atoms with Gasteiger partial charge in [-0.2, -0.15) is 0 Å². The number of carbonyl (C=O) groups excluding carboxylic acids is 1. The molecule has 1 rings (SSSR count). The molecule has 0 unspecified atom stereocenters. The summed E-state index contributed by atoms with van der Waals surface area (Å²) in [5, 5.41) is 0.649. The molecular weight excluding hydrogens is 208 g/mol. The molecule has 0 aliphatic heterocycles. The largest absolute Gasteiger partial charge is 0.294 e. The van der Waals surface area contributed by atoms with Gasteiger partial charge in [-0.05, 0) is 31.9 Å². The quantitative estimate of drug-likeness (QED) is 0.552. The average Bonchev–Trinajstić information content (AvgIpc) is 2.18. The van der Waals surface area contributed by atoms with Crippen LogP contribution in [0.4, 0.5) is 0 Å². The Balaban J connectivity index is 2.74. The highest BCUT2D eigenvalue weighted by Gasteiger charge is 2.07. The van der Waals surface area contributed by atoms with Crippen LogP contribution in [0, 0.1) is 6.92 Å². The molecule has 1 aromatic rings. The van der Waals surface area contributed by atoms with E-state index in [1.807, 2.05) is 26.0 Å². The highest BCUT2D eigenvalue weighted by atomic mass is 35.5. The molecule has 0 saturated heterocycles. The maximum Gasteiger partial charge on any atom is 0.163 e. The molecule has 0 atom stereocenters. The van der Waals surface area contributed by atoms with Crippen molar-refractivity contribution in [2.45, 2.75) is 26.7 Å². The van der Waals surface area contributed by atoms with Gasteiger partial charge in [-0.1, -0.05) is 29.3 Å². The second-order valence-corrected chi connectivity index (χ2v) is 4.25. The predicted molar refractivity (Wildman–Crippen MR) is 64.6 cm³/mol. The summed E-state index contributed by atoms with van der Waals surface area (Å²) in [6.07, 6.45) is 1.25.